The van der Waals surface area contributed by atoms with E-state index in [0.717, 1.165) is 62.0 Å². The molecule has 3 nitrogen and oxygen atoms in total. The van der Waals surface area contributed by atoms with Crippen molar-refractivity contribution in [2.45, 2.75) is 19.3 Å². The van der Waals surface area contributed by atoms with Crippen LogP contribution in [0, 0.1) is 0 Å². The quantitative estimate of drug-likeness (QED) is 0.163. The second kappa shape index (κ2) is 13.8. The van der Waals surface area contributed by atoms with E-state index < -0.39 is 0 Å². The standard InChI is InChI=1S/C48H37N3/c1-48(2,41-27-23-37(24-28-41)44-32-40(34-15-7-3-8-16-34)31-43(49-44)35-17-9-4-10-18-35)42-29-25-38(26-30-42)46-33-45(36-19-11-5-12-20-36)50-47(51-46)39-21-13-6-14-22-39/h3-33H,1-2H3. The Labute approximate surface area is 300 Å². The highest BCUT2D eigenvalue weighted by molar-refractivity contribution is 5.77. The van der Waals surface area contributed by atoms with Gasteiger partial charge in [-0.15, -0.1) is 0 Å². The molecule has 0 N–H and O–H groups in total. The zero-order valence-electron chi connectivity index (χ0n) is 28.7. The van der Waals surface area contributed by atoms with Gasteiger partial charge in [0.2, 0.25) is 0 Å². The molecule has 3 heteroatoms. The fraction of sp³-hybridized carbons (Fsp3) is 0.0625. The average Bonchev–Trinajstić information content (AvgIpc) is 3.22. The highest BCUT2D eigenvalue weighted by Crippen LogP contribution is 2.36. The lowest BCUT2D eigenvalue weighted by Gasteiger charge is -2.26. The van der Waals surface area contributed by atoms with Crippen LogP contribution < -0.4 is 0 Å². The summed E-state index contributed by atoms with van der Waals surface area (Å²) < 4.78 is 0. The molecule has 0 aliphatic heterocycles. The van der Waals surface area contributed by atoms with E-state index in [1.165, 1.54) is 16.7 Å². The molecule has 0 atom stereocenters. The van der Waals surface area contributed by atoms with Crippen molar-refractivity contribution in [2.24, 2.45) is 0 Å². The molecule has 51 heavy (non-hydrogen) atoms. The van der Waals surface area contributed by atoms with Crippen LogP contribution in [0.4, 0.5) is 0 Å². The zero-order chi connectivity index (χ0) is 34.6. The first-order valence-corrected chi connectivity index (χ1v) is 17.4. The normalized spacial score (nSPS) is 11.3. The third kappa shape index (κ3) is 6.75. The molecule has 0 spiro atoms. The monoisotopic (exact) mass is 655 g/mol. The van der Waals surface area contributed by atoms with Crippen LogP contribution in [0.15, 0.2) is 188 Å². The van der Waals surface area contributed by atoms with Crippen LogP contribution in [0.3, 0.4) is 0 Å². The van der Waals surface area contributed by atoms with Gasteiger partial charge in [-0.1, -0.05) is 184 Å². The van der Waals surface area contributed by atoms with Crippen molar-refractivity contribution in [3.63, 3.8) is 0 Å². The van der Waals surface area contributed by atoms with E-state index in [1.54, 1.807) is 0 Å². The maximum Gasteiger partial charge on any atom is 0.160 e. The summed E-state index contributed by atoms with van der Waals surface area (Å²) in [5, 5.41) is 0. The Bertz CT molecular complexity index is 2100. The Hall–Kier alpha value is -6.45. The highest BCUT2D eigenvalue weighted by Gasteiger charge is 2.24. The Morgan fingerprint density at radius 1 is 0.294 bits per heavy atom. The van der Waals surface area contributed by atoms with Gasteiger partial charge in [-0.2, -0.15) is 0 Å². The summed E-state index contributed by atoms with van der Waals surface area (Å²) in [5.41, 5.74) is 13.6. The Morgan fingerprint density at radius 2 is 0.627 bits per heavy atom. The SMILES string of the molecule is CC(C)(c1ccc(-c2cc(-c3ccccc3)cc(-c3ccccc3)n2)cc1)c1ccc(-c2cc(-c3ccccc3)nc(-c3ccccc3)n2)cc1. The van der Waals surface area contributed by atoms with E-state index in [1.807, 2.05) is 42.5 Å². The summed E-state index contributed by atoms with van der Waals surface area (Å²) in [6.45, 7) is 4.56. The number of hydrogen-bond acceptors (Lipinski definition) is 3. The minimum absolute atomic E-state index is 0.221. The molecule has 0 unspecified atom stereocenters. The minimum Gasteiger partial charge on any atom is -0.248 e. The molecule has 0 saturated heterocycles. The first-order chi connectivity index (χ1) is 25.0. The summed E-state index contributed by atoms with van der Waals surface area (Å²) in [4.78, 5) is 15.1. The van der Waals surface area contributed by atoms with Crippen molar-refractivity contribution >= 4 is 0 Å². The molecular weight excluding hydrogens is 619 g/mol. The van der Waals surface area contributed by atoms with Crippen molar-refractivity contribution in [3.05, 3.63) is 199 Å². The van der Waals surface area contributed by atoms with Crippen molar-refractivity contribution < 1.29 is 0 Å². The predicted molar refractivity (Wildman–Crippen MR) is 211 cm³/mol. The van der Waals surface area contributed by atoms with Gasteiger partial charge < -0.3 is 0 Å². The molecular formula is C48H37N3. The minimum atomic E-state index is -0.221. The molecule has 0 bridgehead atoms. The Balaban J connectivity index is 1.10. The van der Waals surface area contributed by atoms with Gasteiger partial charge in [-0.3, -0.25) is 0 Å². The molecule has 6 aromatic carbocycles. The van der Waals surface area contributed by atoms with Crippen LogP contribution in [0.1, 0.15) is 25.0 Å². The number of rotatable bonds is 8. The second-order valence-corrected chi connectivity index (χ2v) is 13.3. The van der Waals surface area contributed by atoms with Crippen LogP contribution >= 0.6 is 0 Å². The largest absolute Gasteiger partial charge is 0.248 e. The van der Waals surface area contributed by atoms with E-state index in [9.17, 15) is 0 Å². The summed E-state index contributed by atoms with van der Waals surface area (Å²) in [6.07, 6.45) is 0. The van der Waals surface area contributed by atoms with Gasteiger partial charge >= 0.3 is 0 Å². The Kier molecular flexibility index (Phi) is 8.61. The van der Waals surface area contributed by atoms with Crippen LogP contribution in [-0.2, 0) is 5.41 Å². The van der Waals surface area contributed by atoms with Gasteiger partial charge in [0.25, 0.3) is 0 Å². The fourth-order valence-corrected chi connectivity index (χ4v) is 6.58. The average molecular weight is 656 g/mol. The number of aromatic nitrogens is 3. The van der Waals surface area contributed by atoms with Crippen LogP contribution in [0.5, 0.6) is 0 Å². The molecule has 0 fully saturated rings. The fourth-order valence-electron chi connectivity index (χ4n) is 6.58. The molecule has 8 rings (SSSR count). The summed E-state index contributed by atoms with van der Waals surface area (Å²) in [6, 6.07) is 65.6. The van der Waals surface area contributed by atoms with Crippen molar-refractivity contribution in [2.75, 3.05) is 0 Å². The van der Waals surface area contributed by atoms with Gasteiger partial charge in [0.15, 0.2) is 5.82 Å². The number of hydrogen-bond donors (Lipinski definition) is 0. The maximum absolute atomic E-state index is 5.13. The third-order valence-corrected chi connectivity index (χ3v) is 9.63. The number of benzene rings is 6. The second-order valence-electron chi connectivity index (χ2n) is 13.3. The molecule has 0 aliphatic carbocycles. The van der Waals surface area contributed by atoms with Crippen molar-refractivity contribution in [3.8, 4) is 67.5 Å². The summed E-state index contributed by atoms with van der Waals surface area (Å²) in [7, 11) is 0. The maximum atomic E-state index is 5.13. The summed E-state index contributed by atoms with van der Waals surface area (Å²) >= 11 is 0. The highest BCUT2D eigenvalue weighted by atomic mass is 14.9. The topological polar surface area (TPSA) is 38.7 Å². The lowest BCUT2D eigenvalue weighted by molar-refractivity contribution is 0.641. The van der Waals surface area contributed by atoms with E-state index in [4.69, 9.17) is 15.0 Å². The van der Waals surface area contributed by atoms with Gasteiger partial charge in [0.1, 0.15) is 0 Å². The van der Waals surface area contributed by atoms with Gasteiger partial charge in [-0.25, -0.2) is 15.0 Å². The van der Waals surface area contributed by atoms with E-state index in [0.29, 0.717) is 0 Å². The zero-order valence-corrected chi connectivity index (χ0v) is 28.7. The molecule has 8 aromatic rings. The van der Waals surface area contributed by atoms with E-state index >= 15 is 0 Å². The van der Waals surface area contributed by atoms with E-state index in [2.05, 4.69) is 159 Å². The number of nitrogens with zero attached hydrogens (tertiary/aromatic N) is 3. The molecule has 0 amide bonds. The first kappa shape index (κ1) is 31.8. The molecule has 2 aromatic heterocycles. The van der Waals surface area contributed by atoms with Crippen LogP contribution in [0.2, 0.25) is 0 Å². The molecule has 0 saturated carbocycles. The predicted octanol–water partition coefficient (Wildman–Crippen LogP) is 12.2. The first-order valence-electron chi connectivity index (χ1n) is 17.4. The van der Waals surface area contributed by atoms with Gasteiger partial charge in [0, 0.05) is 33.2 Å². The molecule has 2 heterocycles. The number of pyridine rings is 1. The molecule has 0 aliphatic rings. The van der Waals surface area contributed by atoms with Crippen molar-refractivity contribution in [1.82, 2.24) is 15.0 Å². The van der Waals surface area contributed by atoms with Gasteiger partial charge in [-0.05, 0) is 40.5 Å². The Morgan fingerprint density at radius 3 is 1.04 bits per heavy atom. The van der Waals surface area contributed by atoms with Gasteiger partial charge in [0.05, 0.1) is 22.8 Å². The third-order valence-electron chi connectivity index (χ3n) is 9.63. The lowest BCUT2D eigenvalue weighted by atomic mass is 9.77. The smallest absolute Gasteiger partial charge is 0.160 e. The van der Waals surface area contributed by atoms with E-state index in [-0.39, 0.29) is 5.41 Å². The van der Waals surface area contributed by atoms with Crippen molar-refractivity contribution in [1.29, 1.82) is 0 Å². The van der Waals surface area contributed by atoms with Crippen LogP contribution in [-0.4, -0.2) is 15.0 Å². The molecule has 0 radical (unpaired) electrons. The molecule has 244 valence electrons. The lowest BCUT2D eigenvalue weighted by Crippen LogP contribution is -2.18. The summed E-state index contributed by atoms with van der Waals surface area (Å²) in [5.74, 6) is 0.719. The van der Waals surface area contributed by atoms with Crippen LogP contribution in [0.25, 0.3) is 67.5 Å².